The molecule has 2 aromatic rings. The van der Waals surface area contributed by atoms with Crippen molar-refractivity contribution in [2.75, 3.05) is 27.7 Å². The molecule has 1 N–H and O–H groups in total. The normalized spacial score (nSPS) is 11.0. The minimum atomic E-state index is -1.08. The number of hydrogen-bond acceptors (Lipinski definition) is 4. The number of carboxylic acids is 1. The topological polar surface area (TPSA) is 74.0 Å². The summed E-state index contributed by atoms with van der Waals surface area (Å²) in [7, 11) is 5.31. The third kappa shape index (κ3) is 3.61. The Morgan fingerprint density at radius 1 is 1.19 bits per heavy atom. The van der Waals surface area contributed by atoms with Crippen LogP contribution in [-0.4, -0.2) is 54.5 Å². The zero-order valence-corrected chi connectivity index (χ0v) is 12.3. The fourth-order valence-electron chi connectivity index (χ4n) is 2.04. The molecule has 0 spiro atoms. The van der Waals surface area contributed by atoms with Crippen molar-refractivity contribution in [1.82, 2.24) is 9.80 Å². The van der Waals surface area contributed by atoms with Crippen LogP contribution in [0.25, 0.3) is 11.0 Å². The van der Waals surface area contributed by atoms with Crippen molar-refractivity contribution in [2.45, 2.75) is 6.54 Å². The lowest BCUT2D eigenvalue weighted by Crippen LogP contribution is -2.34. The summed E-state index contributed by atoms with van der Waals surface area (Å²) in [5.74, 6) is -1.12. The number of nitrogens with zero attached hydrogens (tertiary/aromatic N) is 2. The predicted octanol–water partition coefficient (Wildman–Crippen LogP) is 1.65. The zero-order valence-electron chi connectivity index (χ0n) is 12.3. The van der Waals surface area contributed by atoms with Crippen LogP contribution < -0.4 is 0 Å². The van der Waals surface area contributed by atoms with Crippen molar-refractivity contribution < 1.29 is 19.1 Å². The minimum Gasteiger partial charge on any atom is -0.475 e. The molecule has 0 aliphatic rings. The van der Waals surface area contributed by atoms with Gasteiger partial charge in [-0.15, -0.1) is 0 Å². The Labute approximate surface area is 122 Å². The Hall–Kier alpha value is -2.34. The van der Waals surface area contributed by atoms with E-state index in [0.717, 1.165) is 10.9 Å². The van der Waals surface area contributed by atoms with Crippen LogP contribution in [0.4, 0.5) is 0 Å². The quantitative estimate of drug-likeness (QED) is 0.906. The first-order valence-corrected chi connectivity index (χ1v) is 6.51. The number of rotatable bonds is 5. The van der Waals surface area contributed by atoms with E-state index in [4.69, 9.17) is 9.52 Å². The SMILES string of the molecule is CN(CC(=O)N(C)C)Cc1ccc2oc(C(=O)O)cc2c1. The van der Waals surface area contributed by atoms with Gasteiger partial charge in [-0.2, -0.15) is 0 Å². The molecule has 1 amide bonds. The minimum absolute atomic E-state index is 0.0371. The summed E-state index contributed by atoms with van der Waals surface area (Å²) in [5.41, 5.74) is 1.54. The Kier molecular flexibility index (Phi) is 4.28. The summed E-state index contributed by atoms with van der Waals surface area (Å²) in [6.45, 7) is 0.930. The highest BCUT2D eigenvalue weighted by Gasteiger charge is 2.12. The lowest BCUT2D eigenvalue weighted by atomic mass is 10.1. The number of carbonyl (C=O) groups excluding carboxylic acids is 1. The first-order chi connectivity index (χ1) is 9.86. The summed E-state index contributed by atoms with van der Waals surface area (Å²) < 4.78 is 5.21. The van der Waals surface area contributed by atoms with Gasteiger partial charge in [0, 0.05) is 26.0 Å². The standard InChI is InChI=1S/C15H18N2O4/c1-16(2)14(18)9-17(3)8-10-4-5-12-11(6-10)7-13(21-12)15(19)20/h4-7H,8-9H2,1-3H3,(H,19,20). The van der Waals surface area contributed by atoms with Gasteiger partial charge in [-0.05, 0) is 30.8 Å². The van der Waals surface area contributed by atoms with Crippen molar-refractivity contribution in [2.24, 2.45) is 0 Å². The number of aromatic carboxylic acids is 1. The fourth-order valence-corrected chi connectivity index (χ4v) is 2.04. The molecule has 6 nitrogen and oxygen atoms in total. The van der Waals surface area contributed by atoms with E-state index in [-0.39, 0.29) is 11.7 Å². The lowest BCUT2D eigenvalue weighted by molar-refractivity contribution is -0.129. The molecule has 0 unspecified atom stereocenters. The van der Waals surface area contributed by atoms with Gasteiger partial charge in [0.05, 0.1) is 6.54 Å². The third-order valence-corrected chi connectivity index (χ3v) is 3.15. The van der Waals surface area contributed by atoms with Crippen molar-refractivity contribution in [1.29, 1.82) is 0 Å². The first kappa shape index (κ1) is 15.1. The highest BCUT2D eigenvalue weighted by atomic mass is 16.4. The van der Waals surface area contributed by atoms with Gasteiger partial charge in [-0.25, -0.2) is 4.79 Å². The zero-order chi connectivity index (χ0) is 15.6. The van der Waals surface area contributed by atoms with E-state index in [9.17, 15) is 9.59 Å². The van der Waals surface area contributed by atoms with Gasteiger partial charge in [0.25, 0.3) is 0 Å². The summed E-state index contributed by atoms with van der Waals surface area (Å²) in [4.78, 5) is 26.0. The Morgan fingerprint density at radius 2 is 1.90 bits per heavy atom. The smallest absolute Gasteiger partial charge is 0.371 e. The predicted molar refractivity (Wildman–Crippen MR) is 78.2 cm³/mol. The van der Waals surface area contributed by atoms with Crippen LogP contribution in [0.2, 0.25) is 0 Å². The molecule has 0 radical (unpaired) electrons. The second-order valence-electron chi connectivity index (χ2n) is 5.25. The molecule has 0 saturated carbocycles. The van der Waals surface area contributed by atoms with Gasteiger partial charge in [0.15, 0.2) is 0 Å². The molecule has 0 bridgehead atoms. The number of furan rings is 1. The van der Waals surface area contributed by atoms with Crippen LogP contribution in [0.5, 0.6) is 0 Å². The number of amides is 1. The Morgan fingerprint density at radius 3 is 2.52 bits per heavy atom. The molecule has 6 heteroatoms. The number of hydrogen-bond donors (Lipinski definition) is 1. The van der Waals surface area contributed by atoms with E-state index < -0.39 is 5.97 Å². The van der Waals surface area contributed by atoms with Crippen molar-refractivity contribution in [3.8, 4) is 0 Å². The lowest BCUT2D eigenvalue weighted by Gasteiger charge is -2.18. The van der Waals surface area contributed by atoms with E-state index in [2.05, 4.69) is 0 Å². The molecule has 0 atom stereocenters. The van der Waals surface area contributed by atoms with Gasteiger partial charge in [0.2, 0.25) is 11.7 Å². The van der Waals surface area contributed by atoms with Gasteiger partial charge in [-0.1, -0.05) is 6.07 Å². The van der Waals surface area contributed by atoms with Gasteiger partial charge >= 0.3 is 5.97 Å². The second-order valence-corrected chi connectivity index (χ2v) is 5.25. The molecule has 112 valence electrons. The molecule has 0 aliphatic heterocycles. The maximum atomic E-state index is 11.6. The monoisotopic (exact) mass is 290 g/mol. The van der Waals surface area contributed by atoms with E-state index >= 15 is 0 Å². The highest BCUT2D eigenvalue weighted by Crippen LogP contribution is 2.21. The van der Waals surface area contributed by atoms with E-state index in [1.165, 1.54) is 6.07 Å². The molecule has 21 heavy (non-hydrogen) atoms. The second kappa shape index (κ2) is 5.97. The highest BCUT2D eigenvalue weighted by molar-refractivity contribution is 5.91. The van der Waals surface area contributed by atoms with Crippen molar-refractivity contribution >= 4 is 22.8 Å². The molecule has 2 rings (SSSR count). The van der Waals surface area contributed by atoms with Crippen LogP contribution >= 0.6 is 0 Å². The third-order valence-electron chi connectivity index (χ3n) is 3.15. The van der Waals surface area contributed by atoms with Crippen LogP contribution in [0.3, 0.4) is 0 Å². The molecule has 1 aromatic carbocycles. The average Bonchev–Trinajstić information content (AvgIpc) is 2.81. The van der Waals surface area contributed by atoms with E-state index in [0.29, 0.717) is 18.7 Å². The summed E-state index contributed by atoms with van der Waals surface area (Å²) in [6, 6.07) is 7.00. The number of carboxylic acid groups (broad SMARTS) is 1. The Balaban J connectivity index is 2.12. The number of fused-ring (bicyclic) bond motifs is 1. The van der Waals surface area contributed by atoms with Gasteiger partial charge < -0.3 is 14.4 Å². The first-order valence-electron chi connectivity index (χ1n) is 6.51. The van der Waals surface area contributed by atoms with Gasteiger partial charge in [-0.3, -0.25) is 9.69 Å². The van der Waals surface area contributed by atoms with E-state index in [1.807, 2.05) is 24.1 Å². The number of benzene rings is 1. The van der Waals surface area contributed by atoms with Crippen LogP contribution in [0, 0.1) is 0 Å². The molecular weight excluding hydrogens is 272 g/mol. The molecule has 0 fully saturated rings. The molecular formula is C15H18N2O4. The Bertz CT molecular complexity index is 675. The van der Waals surface area contributed by atoms with Gasteiger partial charge in [0.1, 0.15) is 5.58 Å². The van der Waals surface area contributed by atoms with Crippen molar-refractivity contribution in [3.05, 3.63) is 35.6 Å². The summed E-state index contributed by atoms with van der Waals surface area (Å²) in [6.07, 6.45) is 0. The summed E-state index contributed by atoms with van der Waals surface area (Å²) >= 11 is 0. The largest absolute Gasteiger partial charge is 0.475 e. The number of likely N-dealkylation sites (N-methyl/N-ethyl adjacent to an activating group) is 2. The molecule has 0 aliphatic carbocycles. The molecule has 1 heterocycles. The average molecular weight is 290 g/mol. The maximum absolute atomic E-state index is 11.6. The van der Waals surface area contributed by atoms with E-state index in [1.54, 1.807) is 25.1 Å². The number of carbonyl (C=O) groups is 2. The van der Waals surface area contributed by atoms with Crippen LogP contribution in [0.1, 0.15) is 16.1 Å². The fraction of sp³-hybridized carbons (Fsp3) is 0.333. The maximum Gasteiger partial charge on any atom is 0.371 e. The molecule has 1 aromatic heterocycles. The summed E-state index contributed by atoms with van der Waals surface area (Å²) in [5, 5.41) is 9.66. The van der Waals surface area contributed by atoms with Crippen LogP contribution in [-0.2, 0) is 11.3 Å². The molecule has 0 saturated heterocycles. The van der Waals surface area contributed by atoms with Crippen molar-refractivity contribution in [3.63, 3.8) is 0 Å². The van der Waals surface area contributed by atoms with Crippen LogP contribution in [0.15, 0.2) is 28.7 Å².